The molecule has 22 heavy (non-hydrogen) atoms. The van der Waals surface area contributed by atoms with Crippen LogP contribution in [0.3, 0.4) is 0 Å². The molecule has 2 aliphatic rings. The Morgan fingerprint density at radius 1 is 1.18 bits per heavy atom. The molecule has 120 valence electrons. The van der Waals surface area contributed by atoms with E-state index in [-0.39, 0.29) is 5.91 Å². The van der Waals surface area contributed by atoms with E-state index in [1.165, 1.54) is 44.9 Å². The largest absolute Gasteiger partial charge is 0.367 e. The molecule has 3 rings (SSSR count). The van der Waals surface area contributed by atoms with Crippen LogP contribution in [0.4, 0.5) is 5.82 Å². The predicted molar refractivity (Wildman–Crippen MR) is 86.8 cm³/mol. The van der Waals surface area contributed by atoms with Crippen molar-refractivity contribution in [2.24, 2.45) is 5.92 Å². The third-order valence-corrected chi connectivity index (χ3v) is 4.79. The van der Waals surface area contributed by atoms with Crippen LogP contribution in [0, 0.1) is 5.92 Å². The number of aromatic nitrogens is 2. The summed E-state index contributed by atoms with van der Waals surface area (Å²) in [5, 5.41) is 3.47. The molecule has 1 N–H and O–H groups in total. The van der Waals surface area contributed by atoms with Gasteiger partial charge in [-0.2, -0.15) is 0 Å². The van der Waals surface area contributed by atoms with Gasteiger partial charge in [0.1, 0.15) is 17.8 Å². The number of likely N-dealkylation sites (tertiary alicyclic amines) is 1. The van der Waals surface area contributed by atoms with Gasteiger partial charge in [0.2, 0.25) is 0 Å². The maximum absolute atomic E-state index is 12.6. The fourth-order valence-corrected chi connectivity index (χ4v) is 3.55. The number of hydrogen-bond donors (Lipinski definition) is 1. The molecule has 5 nitrogen and oxygen atoms in total. The number of amides is 1. The summed E-state index contributed by atoms with van der Waals surface area (Å²) >= 11 is 0. The molecular formula is C17H26N4O. The maximum atomic E-state index is 12.6. The van der Waals surface area contributed by atoms with Gasteiger partial charge >= 0.3 is 0 Å². The molecule has 2 heterocycles. The Morgan fingerprint density at radius 2 is 2.00 bits per heavy atom. The minimum absolute atomic E-state index is 0.0423. The number of nitrogens with one attached hydrogen (secondary N) is 1. The molecule has 0 aromatic carbocycles. The van der Waals surface area contributed by atoms with Crippen molar-refractivity contribution < 1.29 is 4.79 Å². The fraction of sp³-hybridized carbons (Fsp3) is 0.706. The monoisotopic (exact) mass is 302 g/mol. The standard InChI is InChI=1S/C17H26N4O/c1-13-6-5-9-21(11-13)17(22)15-10-16(19-12-18-15)20-14-7-3-2-4-8-14/h10,12-14H,2-9,11H2,1H3,(H,18,19,20). The summed E-state index contributed by atoms with van der Waals surface area (Å²) in [6.07, 6.45) is 10.1. The van der Waals surface area contributed by atoms with Crippen LogP contribution in [-0.4, -0.2) is 39.9 Å². The predicted octanol–water partition coefficient (Wildman–Crippen LogP) is 3.09. The molecule has 0 radical (unpaired) electrons. The minimum atomic E-state index is 0.0423. The van der Waals surface area contributed by atoms with Gasteiger partial charge in [0.05, 0.1) is 0 Å². The first-order chi connectivity index (χ1) is 10.7. The number of piperidine rings is 1. The highest BCUT2D eigenvalue weighted by Gasteiger charge is 2.23. The molecular weight excluding hydrogens is 276 g/mol. The van der Waals surface area contributed by atoms with Crippen LogP contribution in [0.2, 0.25) is 0 Å². The zero-order valence-corrected chi connectivity index (χ0v) is 13.4. The Bertz CT molecular complexity index is 513. The lowest BCUT2D eigenvalue weighted by atomic mass is 9.95. The summed E-state index contributed by atoms with van der Waals surface area (Å²) in [5.41, 5.74) is 0.516. The first-order valence-corrected chi connectivity index (χ1v) is 8.60. The first-order valence-electron chi connectivity index (χ1n) is 8.60. The minimum Gasteiger partial charge on any atom is -0.367 e. The average molecular weight is 302 g/mol. The molecule has 1 aliphatic carbocycles. The van der Waals surface area contributed by atoms with Crippen LogP contribution in [0.1, 0.15) is 62.4 Å². The molecule has 5 heteroatoms. The average Bonchev–Trinajstić information content (AvgIpc) is 2.55. The van der Waals surface area contributed by atoms with E-state index < -0.39 is 0 Å². The second kappa shape index (κ2) is 7.07. The number of carbonyl (C=O) groups excluding carboxylic acids is 1. The summed E-state index contributed by atoms with van der Waals surface area (Å²) in [6, 6.07) is 2.30. The summed E-state index contributed by atoms with van der Waals surface area (Å²) in [6.45, 7) is 3.89. The van der Waals surface area contributed by atoms with Gasteiger partial charge in [-0.3, -0.25) is 4.79 Å². The van der Waals surface area contributed by atoms with E-state index in [0.29, 0.717) is 17.7 Å². The number of nitrogens with zero attached hydrogens (tertiary/aromatic N) is 3. The quantitative estimate of drug-likeness (QED) is 0.932. The zero-order chi connectivity index (χ0) is 15.4. The van der Waals surface area contributed by atoms with Crippen LogP contribution < -0.4 is 5.32 Å². The van der Waals surface area contributed by atoms with E-state index in [2.05, 4.69) is 22.2 Å². The Morgan fingerprint density at radius 3 is 2.77 bits per heavy atom. The molecule has 2 fully saturated rings. The molecule has 1 saturated carbocycles. The van der Waals surface area contributed by atoms with Crippen molar-refractivity contribution in [3.05, 3.63) is 18.1 Å². The van der Waals surface area contributed by atoms with Gasteiger partial charge < -0.3 is 10.2 Å². The van der Waals surface area contributed by atoms with E-state index in [0.717, 1.165) is 25.3 Å². The number of hydrogen-bond acceptors (Lipinski definition) is 4. The molecule has 1 aromatic heterocycles. The lowest BCUT2D eigenvalue weighted by Gasteiger charge is -2.30. The molecule has 1 saturated heterocycles. The van der Waals surface area contributed by atoms with Gasteiger partial charge in [0.25, 0.3) is 5.91 Å². The second-order valence-electron chi connectivity index (χ2n) is 6.77. The summed E-state index contributed by atoms with van der Waals surface area (Å²) in [4.78, 5) is 23.0. The summed E-state index contributed by atoms with van der Waals surface area (Å²) in [7, 11) is 0. The van der Waals surface area contributed by atoms with Gasteiger partial charge in [-0.05, 0) is 31.6 Å². The maximum Gasteiger partial charge on any atom is 0.272 e. The number of carbonyl (C=O) groups is 1. The van der Waals surface area contributed by atoms with Gasteiger partial charge in [-0.15, -0.1) is 0 Å². The van der Waals surface area contributed by atoms with E-state index in [1.54, 1.807) is 0 Å². The molecule has 1 aromatic rings. The van der Waals surface area contributed by atoms with Crippen molar-refractivity contribution in [2.45, 2.75) is 57.9 Å². The summed E-state index contributed by atoms with van der Waals surface area (Å²) in [5.74, 6) is 1.41. The van der Waals surface area contributed by atoms with E-state index in [1.807, 2.05) is 11.0 Å². The third kappa shape index (κ3) is 3.76. The molecule has 0 spiro atoms. The molecule has 1 amide bonds. The fourth-order valence-electron chi connectivity index (χ4n) is 3.55. The highest BCUT2D eigenvalue weighted by molar-refractivity contribution is 5.93. The van der Waals surface area contributed by atoms with Gasteiger partial charge in [-0.25, -0.2) is 9.97 Å². The number of rotatable bonds is 3. The molecule has 1 atom stereocenters. The van der Waals surface area contributed by atoms with Crippen molar-refractivity contribution in [2.75, 3.05) is 18.4 Å². The number of anilines is 1. The molecule has 1 unspecified atom stereocenters. The Labute approximate surface area is 132 Å². The van der Waals surface area contributed by atoms with Crippen LogP contribution in [0.15, 0.2) is 12.4 Å². The second-order valence-corrected chi connectivity index (χ2v) is 6.77. The lowest BCUT2D eigenvalue weighted by Crippen LogP contribution is -2.39. The lowest BCUT2D eigenvalue weighted by molar-refractivity contribution is 0.0677. The normalized spacial score (nSPS) is 23.3. The first kappa shape index (κ1) is 15.3. The molecule has 0 bridgehead atoms. The van der Waals surface area contributed by atoms with Crippen molar-refractivity contribution in [1.29, 1.82) is 0 Å². The van der Waals surface area contributed by atoms with Gasteiger partial charge in [0.15, 0.2) is 0 Å². The zero-order valence-electron chi connectivity index (χ0n) is 13.4. The highest BCUT2D eigenvalue weighted by Crippen LogP contribution is 2.21. The van der Waals surface area contributed by atoms with Gasteiger partial charge in [0, 0.05) is 25.2 Å². The topological polar surface area (TPSA) is 58.1 Å². The van der Waals surface area contributed by atoms with Crippen LogP contribution >= 0.6 is 0 Å². The van der Waals surface area contributed by atoms with Crippen LogP contribution in [0.25, 0.3) is 0 Å². The van der Waals surface area contributed by atoms with Crippen molar-refractivity contribution in [1.82, 2.24) is 14.9 Å². The molecule has 1 aliphatic heterocycles. The van der Waals surface area contributed by atoms with Crippen LogP contribution in [-0.2, 0) is 0 Å². The highest BCUT2D eigenvalue weighted by atomic mass is 16.2. The van der Waals surface area contributed by atoms with E-state index in [4.69, 9.17) is 0 Å². The van der Waals surface area contributed by atoms with Crippen molar-refractivity contribution in [3.63, 3.8) is 0 Å². The Hall–Kier alpha value is -1.65. The Kier molecular flexibility index (Phi) is 4.90. The third-order valence-electron chi connectivity index (χ3n) is 4.79. The SMILES string of the molecule is CC1CCCN(C(=O)c2cc(NC3CCCCC3)ncn2)C1. The van der Waals surface area contributed by atoms with E-state index >= 15 is 0 Å². The van der Waals surface area contributed by atoms with Gasteiger partial charge in [-0.1, -0.05) is 26.2 Å². The smallest absolute Gasteiger partial charge is 0.272 e. The van der Waals surface area contributed by atoms with Crippen LogP contribution in [0.5, 0.6) is 0 Å². The van der Waals surface area contributed by atoms with E-state index in [9.17, 15) is 4.79 Å². The van der Waals surface area contributed by atoms with Crippen molar-refractivity contribution in [3.8, 4) is 0 Å². The van der Waals surface area contributed by atoms with Crippen molar-refractivity contribution >= 4 is 11.7 Å². The summed E-state index contributed by atoms with van der Waals surface area (Å²) < 4.78 is 0. The Balaban J connectivity index is 1.66.